The molecule has 2 nitrogen and oxygen atoms in total. The zero-order chi connectivity index (χ0) is 11.3. The first-order valence-corrected chi connectivity index (χ1v) is 4.60. The van der Waals surface area contributed by atoms with Gasteiger partial charge < -0.3 is 11.1 Å². The molecule has 1 rings (SSSR count). The van der Waals surface area contributed by atoms with Crippen molar-refractivity contribution in [3.63, 3.8) is 0 Å². The van der Waals surface area contributed by atoms with Gasteiger partial charge in [-0.25, -0.2) is 13.2 Å². The van der Waals surface area contributed by atoms with Crippen molar-refractivity contribution in [2.45, 2.75) is 12.5 Å². The van der Waals surface area contributed by atoms with Crippen LogP contribution in [0.5, 0.6) is 0 Å². The minimum atomic E-state index is -2.44. The lowest BCUT2D eigenvalue weighted by atomic mass is 10.1. The Bertz CT molecular complexity index is 304. The summed E-state index contributed by atoms with van der Waals surface area (Å²) >= 11 is 0. The van der Waals surface area contributed by atoms with Crippen molar-refractivity contribution in [1.82, 2.24) is 5.32 Å². The molecule has 0 spiro atoms. The minimum Gasteiger partial charge on any atom is -0.329 e. The Morgan fingerprint density at radius 1 is 1.33 bits per heavy atom. The minimum absolute atomic E-state index is 0.149. The lowest BCUT2D eigenvalue weighted by Crippen LogP contribution is -2.31. The van der Waals surface area contributed by atoms with Gasteiger partial charge in [-0.05, 0) is 17.7 Å². The molecule has 0 radical (unpaired) electrons. The number of rotatable bonds is 5. The van der Waals surface area contributed by atoms with E-state index in [-0.39, 0.29) is 6.54 Å². The third-order valence-electron chi connectivity index (χ3n) is 2.01. The van der Waals surface area contributed by atoms with Crippen LogP contribution in [-0.2, 0) is 0 Å². The van der Waals surface area contributed by atoms with Crippen molar-refractivity contribution < 1.29 is 13.2 Å². The summed E-state index contributed by atoms with van der Waals surface area (Å²) in [6.07, 6.45) is -2.44. The van der Waals surface area contributed by atoms with Gasteiger partial charge in [-0.2, -0.15) is 0 Å². The van der Waals surface area contributed by atoms with Crippen molar-refractivity contribution in [3.05, 3.63) is 35.6 Å². The molecule has 0 aromatic heterocycles. The van der Waals surface area contributed by atoms with Crippen LogP contribution in [0.4, 0.5) is 13.2 Å². The molecule has 0 amide bonds. The fraction of sp³-hybridized carbons (Fsp3) is 0.400. The van der Waals surface area contributed by atoms with E-state index in [1.54, 1.807) is 6.07 Å². The molecular formula is C10H13F3N2. The number of halogens is 3. The van der Waals surface area contributed by atoms with Gasteiger partial charge in [-0.3, -0.25) is 0 Å². The van der Waals surface area contributed by atoms with E-state index in [0.29, 0.717) is 5.56 Å². The van der Waals surface area contributed by atoms with E-state index < -0.39 is 24.8 Å². The summed E-state index contributed by atoms with van der Waals surface area (Å²) in [5, 5.41) is 2.57. The van der Waals surface area contributed by atoms with E-state index in [0.717, 1.165) is 0 Å². The van der Waals surface area contributed by atoms with Gasteiger partial charge in [0.1, 0.15) is 5.82 Å². The van der Waals surface area contributed by atoms with E-state index in [1.807, 2.05) is 0 Å². The number of alkyl halides is 2. The first kappa shape index (κ1) is 12.0. The lowest BCUT2D eigenvalue weighted by Gasteiger charge is -2.16. The summed E-state index contributed by atoms with van der Waals surface area (Å²) in [5.41, 5.74) is 5.99. The number of hydrogen-bond donors (Lipinski definition) is 2. The predicted octanol–water partition coefficient (Wildman–Crippen LogP) is 1.68. The van der Waals surface area contributed by atoms with E-state index in [1.165, 1.54) is 18.2 Å². The molecule has 0 aliphatic carbocycles. The molecular weight excluding hydrogens is 205 g/mol. The zero-order valence-electron chi connectivity index (χ0n) is 8.09. The number of hydrogen-bond acceptors (Lipinski definition) is 2. The number of benzene rings is 1. The molecule has 0 saturated carbocycles. The van der Waals surface area contributed by atoms with Gasteiger partial charge >= 0.3 is 0 Å². The lowest BCUT2D eigenvalue weighted by molar-refractivity contribution is 0.141. The van der Waals surface area contributed by atoms with E-state index >= 15 is 0 Å². The van der Waals surface area contributed by atoms with Gasteiger partial charge in [0, 0.05) is 12.6 Å². The third-order valence-corrected chi connectivity index (χ3v) is 2.01. The van der Waals surface area contributed by atoms with Crippen molar-refractivity contribution in [2.24, 2.45) is 5.73 Å². The average Bonchev–Trinajstić information content (AvgIpc) is 2.18. The largest absolute Gasteiger partial charge is 0.329 e. The monoisotopic (exact) mass is 218 g/mol. The Morgan fingerprint density at radius 2 is 2.07 bits per heavy atom. The van der Waals surface area contributed by atoms with E-state index in [4.69, 9.17) is 5.73 Å². The highest BCUT2D eigenvalue weighted by Gasteiger charge is 2.11. The molecule has 84 valence electrons. The third kappa shape index (κ3) is 3.89. The molecule has 5 heteroatoms. The van der Waals surface area contributed by atoms with Crippen LogP contribution in [0.1, 0.15) is 11.6 Å². The van der Waals surface area contributed by atoms with Crippen molar-refractivity contribution >= 4 is 0 Å². The Kier molecular flexibility index (Phi) is 4.58. The van der Waals surface area contributed by atoms with E-state index in [2.05, 4.69) is 5.32 Å². The van der Waals surface area contributed by atoms with Crippen molar-refractivity contribution in [2.75, 3.05) is 13.1 Å². The molecule has 3 N–H and O–H groups in total. The van der Waals surface area contributed by atoms with Crippen LogP contribution in [0.2, 0.25) is 0 Å². The van der Waals surface area contributed by atoms with Crippen molar-refractivity contribution in [1.29, 1.82) is 0 Å². The van der Waals surface area contributed by atoms with Gasteiger partial charge in [0.05, 0.1) is 6.54 Å². The molecule has 0 saturated heterocycles. The number of nitrogens with two attached hydrogens (primary N) is 1. The van der Waals surface area contributed by atoms with Crippen LogP contribution >= 0.6 is 0 Å². The first-order valence-electron chi connectivity index (χ1n) is 4.60. The Labute approximate surface area is 86.3 Å². The fourth-order valence-electron chi connectivity index (χ4n) is 1.29. The van der Waals surface area contributed by atoms with Gasteiger partial charge in [0.2, 0.25) is 0 Å². The van der Waals surface area contributed by atoms with Gasteiger partial charge in [0.15, 0.2) is 0 Å². The van der Waals surface area contributed by atoms with Gasteiger partial charge in [-0.15, -0.1) is 0 Å². The van der Waals surface area contributed by atoms with Crippen molar-refractivity contribution in [3.8, 4) is 0 Å². The first-order chi connectivity index (χ1) is 7.13. The highest BCUT2D eigenvalue weighted by atomic mass is 19.3. The molecule has 0 aliphatic heterocycles. The molecule has 0 bridgehead atoms. The second-order valence-corrected chi connectivity index (χ2v) is 3.14. The molecule has 15 heavy (non-hydrogen) atoms. The van der Waals surface area contributed by atoms with Gasteiger partial charge in [-0.1, -0.05) is 12.1 Å². The maximum absolute atomic E-state index is 12.8. The molecule has 0 heterocycles. The summed E-state index contributed by atoms with van der Waals surface area (Å²) in [4.78, 5) is 0. The Morgan fingerprint density at radius 3 is 2.60 bits per heavy atom. The summed E-state index contributed by atoms with van der Waals surface area (Å²) in [6.45, 7) is -0.297. The van der Waals surface area contributed by atoms with Crippen LogP contribution in [0, 0.1) is 5.82 Å². The van der Waals surface area contributed by atoms with Gasteiger partial charge in [0.25, 0.3) is 6.43 Å². The number of nitrogens with one attached hydrogen (secondary N) is 1. The second-order valence-electron chi connectivity index (χ2n) is 3.14. The Balaban J connectivity index is 2.65. The summed E-state index contributed by atoms with van der Waals surface area (Å²) in [7, 11) is 0. The van der Waals surface area contributed by atoms with Crippen LogP contribution in [0.3, 0.4) is 0 Å². The van der Waals surface area contributed by atoms with Crippen LogP contribution in [0.25, 0.3) is 0 Å². The maximum Gasteiger partial charge on any atom is 0.250 e. The topological polar surface area (TPSA) is 38.0 Å². The van der Waals surface area contributed by atoms with E-state index in [9.17, 15) is 13.2 Å². The van der Waals surface area contributed by atoms with Crippen LogP contribution < -0.4 is 11.1 Å². The fourth-order valence-corrected chi connectivity index (χ4v) is 1.29. The standard InChI is InChI=1S/C10H13F3N2/c11-8-3-1-2-7(4-8)9(5-14)15-6-10(12)13/h1-4,9-10,15H,5-6,14H2. The maximum atomic E-state index is 12.8. The average molecular weight is 218 g/mol. The molecule has 1 aromatic carbocycles. The molecule has 1 unspecified atom stereocenters. The molecule has 0 aliphatic rings. The highest BCUT2D eigenvalue weighted by Crippen LogP contribution is 2.13. The second kappa shape index (κ2) is 5.72. The smallest absolute Gasteiger partial charge is 0.250 e. The molecule has 1 aromatic rings. The van der Waals surface area contributed by atoms with Crippen LogP contribution in [-0.4, -0.2) is 19.5 Å². The normalized spacial score (nSPS) is 13.1. The predicted molar refractivity (Wildman–Crippen MR) is 52.2 cm³/mol. The quantitative estimate of drug-likeness (QED) is 0.789. The summed E-state index contributed by atoms with van der Waals surface area (Å²) in [6, 6.07) is 5.33. The summed E-state index contributed by atoms with van der Waals surface area (Å²) < 4.78 is 36.7. The molecule has 1 atom stereocenters. The summed E-state index contributed by atoms with van der Waals surface area (Å²) in [5.74, 6) is -0.398. The molecule has 0 fully saturated rings. The highest BCUT2D eigenvalue weighted by molar-refractivity contribution is 5.20. The zero-order valence-corrected chi connectivity index (χ0v) is 8.09. The van der Waals surface area contributed by atoms with Crippen LogP contribution in [0.15, 0.2) is 24.3 Å². The Hall–Kier alpha value is -1.07. The SMILES string of the molecule is NCC(NCC(F)F)c1cccc(F)c1.